The minimum atomic E-state index is -1.09. The fourth-order valence-electron chi connectivity index (χ4n) is 1.78. The zero-order valence-electron chi connectivity index (χ0n) is 9.72. The number of aromatic nitrogens is 2. The first-order valence-electron chi connectivity index (χ1n) is 5.40. The van der Waals surface area contributed by atoms with Crippen LogP contribution in [0.1, 0.15) is 17.4 Å². The second-order valence-electron chi connectivity index (χ2n) is 3.74. The standard InChI is InChI=1S/C12H12ClN3O2/c1-2-16-11(12(17)18)9(14)10(15-16)7-4-3-5-8(13)6-7/h3-6H,2,14H2,1H3,(H,17,18). The molecule has 0 atom stereocenters. The fraction of sp³-hybridized carbons (Fsp3) is 0.167. The normalized spacial score (nSPS) is 10.6. The van der Waals surface area contributed by atoms with Crippen molar-refractivity contribution in [3.8, 4) is 11.3 Å². The Morgan fingerprint density at radius 3 is 2.78 bits per heavy atom. The smallest absolute Gasteiger partial charge is 0.356 e. The fourth-order valence-corrected chi connectivity index (χ4v) is 1.97. The molecule has 6 heteroatoms. The SMILES string of the molecule is CCn1nc(-c2cccc(Cl)c2)c(N)c1C(=O)O. The molecule has 1 heterocycles. The van der Waals surface area contributed by atoms with E-state index < -0.39 is 5.97 Å². The average Bonchev–Trinajstić information content (AvgIpc) is 2.66. The van der Waals surface area contributed by atoms with Gasteiger partial charge in [0, 0.05) is 17.1 Å². The van der Waals surface area contributed by atoms with E-state index in [4.69, 9.17) is 22.4 Å². The zero-order chi connectivity index (χ0) is 13.3. The summed E-state index contributed by atoms with van der Waals surface area (Å²) in [4.78, 5) is 11.1. The van der Waals surface area contributed by atoms with Crippen LogP contribution in [0.3, 0.4) is 0 Å². The van der Waals surface area contributed by atoms with E-state index in [0.717, 1.165) is 0 Å². The number of rotatable bonds is 3. The molecule has 2 aromatic rings. The Bertz CT molecular complexity index is 607. The van der Waals surface area contributed by atoms with Crippen LogP contribution in [0.2, 0.25) is 5.02 Å². The largest absolute Gasteiger partial charge is 0.476 e. The van der Waals surface area contributed by atoms with Crippen LogP contribution >= 0.6 is 11.6 Å². The summed E-state index contributed by atoms with van der Waals surface area (Å²) >= 11 is 5.90. The molecule has 0 aliphatic rings. The first-order chi connectivity index (χ1) is 8.54. The molecule has 0 spiro atoms. The molecule has 0 radical (unpaired) electrons. The van der Waals surface area contributed by atoms with E-state index in [1.54, 1.807) is 31.2 Å². The number of aromatic carboxylic acids is 1. The highest BCUT2D eigenvalue weighted by Crippen LogP contribution is 2.29. The van der Waals surface area contributed by atoms with E-state index in [2.05, 4.69) is 5.10 Å². The van der Waals surface area contributed by atoms with Crippen molar-refractivity contribution >= 4 is 23.3 Å². The number of anilines is 1. The summed E-state index contributed by atoms with van der Waals surface area (Å²) < 4.78 is 1.37. The van der Waals surface area contributed by atoms with E-state index in [-0.39, 0.29) is 11.4 Å². The quantitative estimate of drug-likeness (QED) is 0.893. The molecule has 0 aliphatic carbocycles. The molecular formula is C12H12ClN3O2. The van der Waals surface area contributed by atoms with Gasteiger partial charge in [-0.25, -0.2) is 4.79 Å². The third-order valence-corrected chi connectivity index (χ3v) is 2.82. The molecule has 0 saturated carbocycles. The van der Waals surface area contributed by atoms with Gasteiger partial charge in [-0.1, -0.05) is 23.7 Å². The van der Waals surface area contributed by atoms with Gasteiger partial charge in [-0.2, -0.15) is 5.10 Å². The van der Waals surface area contributed by atoms with Crippen molar-refractivity contribution in [1.29, 1.82) is 0 Å². The van der Waals surface area contributed by atoms with E-state index in [1.807, 2.05) is 0 Å². The van der Waals surface area contributed by atoms with Crippen LogP contribution in [0.25, 0.3) is 11.3 Å². The Morgan fingerprint density at radius 1 is 1.56 bits per heavy atom. The number of carbonyl (C=O) groups is 1. The number of halogens is 1. The van der Waals surface area contributed by atoms with Gasteiger partial charge in [-0.3, -0.25) is 4.68 Å². The summed E-state index contributed by atoms with van der Waals surface area (Å²) in [5, 5.41) is 13.9. The van der Waals surface area contributed by atoms with E-state index in [1.165, 1.54) is 4.68 Å². The van der Waals surface area contributed by atoms with E-state index >= 15 is 0 Å². The third kappa shape index (κ3) is 2.04. The molecule has 94 valence electrons. The second kappa shape index (κ2) is 4.70. The van der Waals surface area contributed by atoms with Crippen LogP contribution in [0.5, 0.6) is 0 Å². The van der Waals surface area contributed by atoms with Gasteiger partial charge in [-0.15, -0.1) is 0 Å². The Labute approximate surface area is 109 Å². The monoisotopic (exact) mass is 265 g/mol. The van der Waals surface area contributed by atoms with Crippen LogP contribution in [0.4, 0.5) is 5.69 Å². The number of carboxylic acid groups (broad SMARTS) is 1. The lowest BCUT2D eigenvalue weighted by Crippen LogP contribution is -2.10. The Balaban J connectivity index is 2.63. The highest BCUT2D eigenvalue weighted by atomic mass is 35.5. The van der Waals surface area contributed by atoms with Crippen molar-refractivity contribution in [2.45, 2.75) is 13.5 Å². The van der Waals surface area contributed by atoms with Crippen molar-refractivity contribution in [3.63, 3.8) is 0 Å². The molecule has 5 nitrogen and oxygen atoms in total. The van der Waals surface area contributed by atoms with Gasteiger partial charge < -0.3 is 10.8 Å². The Morgan fingerprint density at radius 2 is 2.28 bits per heavy atom. The van der Waals surface area contributed by atoms with Crippen LogP contribution in [0.15, 0.2) is 24.3 Å². The van der Waals surface area contributed by atoms with Gasteiger partial charge in [-0.05, 0) is 19.1 Å². The molecule has 1 aromatic carbocycles. The van der Waals surface area contributed by atoms with Gasteiger partial charge in [0.05, 0.1) is 5.69 Å². The van der Waals surface area contributed by atoms with Crippen molar-refractivity contribution in [1.82, 2.24) is 9.78 Å². The number of benzene rings is 1. The lowest BCUT2D eigenvalue weighted by Gasteiger charge is -1.99. The molecule has 3 N–H and O–H groups in total. The Hall–Kier alpha value is -2.01. The molecule has 0 amide bonds. The first kappa shape index (κ1) is 12.4. The number of nitrogen functional groups attached to an aromatic ring is 1. The predicted molar refractivity (Wildman–Crippen MR) is 69.7 cm³/mol. The molecule has 0 aliphatic heterocycles. The molecule has 1 aromatic heterocycles. The minimum absolute atomic E-state index is 0.00692. The lowest BCUT2D eigenvalue weighted by atomic mass is 10.1. The highest BCUT2D eigenvalue weighted by Gasteiger charge is 2.21. The summed E-state index contributed by atoms with van der Waals surface area (Å²) in [6.45, 7) is 2.24. The van der Waals surface area contributed by atoms with Gasteiger partial charge in [0.1, 0.15) is 5.69 Å². The summed E-state index contributed by atoms with van der Waals surface area (Å²) in [5.41, 5.74) is 7.17. The zero-order valence-corrected chi connectivity index (χ0v) is 10.5. The number of nitrogens with zero attached hydrogens (tertiary/aromatic N) is 2. The number of hydrogen-bond acceptors (Lipinski definition) is 3. The maximum atomic E-state index is 11.1. The maximum absolute atomic E-state index is 11.1. The molecule has 0 unspecified atom stereocenters. The van der Waals surface area contributed by atoms with Crippen molar-refractivity contribution < 1.29 is 9.90 Å². The molecular weight excluding hydrogens is 254 g/mol. The third-order valence-electron chi connectivity index (χ3n) is 2.59. The number of nitrogens with two attached hydrogens (primary N) is 1. The summed E-state index contributed by atoms with van der Waals surface area (Å²) in [7, 11) is 0. The predicted octanol–water partition coefficient (Wildman–Crippen LogP) is 2.50. The van der Waals surface area contributed by atoms with Crippen LogP contribution < -0.4 is 5.73 Å². The van der Waals surface area contributed by atoms with Crippen LogP contribution in [-0.2, 0) is 6.54 Å². The van der Waals surface area contributed by atoms with Gasteiger partial charge in [0.25, 0.3) is 0 Å². The van der Waals surface area contributed by atoms with Crippen molar-refractivity contribution in [2.24, 2.45) is 0 Å². The van der Waals surface area contributed by atoms with Crippen molar-refractivity contribution in [3.05, 3.63) is 35.0 Å². The van der Waals surface area contributed by atoms with E-state index in [0.29, 0.717) is 22.8 Å². The van der Waals surface area contributed by atoms with Gasteiger partial charge in [0.2, 0.25) is 0 Å². The molecule has 2 rings (SSSR count). The highest BCUT2D eigenvalue weighted by molar-refractivity contribution is 6.30. The Kier molecular flexibility index (Phi) is 3.25. The topological polar surface area (TPSA) is 81.1 Å². The molecule has 18 heavy (non-hydrogen) atoms. The first-order valence-corrected chi connectivity index (χ1v) is 5.78. The second-order valence-corrected chi connectivity index (χ2v) is 4.18. The number of carboxylic acids is 1. The number of aryl methyl sites for hydroxylation is 1. The van der Waals surface area contributed by atoms with Crippen LogP contribution in [0, 0.1) is 0 Å². The summed E-state index contributed by atoms with van der Waals surface area (Å²) in [6, 6.07) is 6.99. The van der Waals surface area contributed by atoms with Crippen molar-refractivity contribution in [2.75, 3.05) is 5.73 Å². The number of hydrogen-bond donors (Lipinski definition) is 2. The summed E-state index contributed by atoms with van der Waals surface area (Å²) in [5.74, 6) is -1.09. The molecule has 0 fully saturated rings. The van der Waals surface area contributed by atoms with Gasteiger partial charge >= 0.3 is 5.97 Å². The lowest BCUT2D eigenvalue weighted by molar-refractivity contribution is 0.0684. The molecule has 0 saturated heterocycles. The van der Waals surface area contributed by atoms with Crippen LogP contribution in [-0.4, -0.2) is 20.9 Å². The molecule has 0 bridgehead atoms. The average molecular weight is 266 g/mol. The summed E-state index contributed by atoms with van der Waals surface area (Å²) in [6.07, 6.45) is 0. The van der Waals surface area contributed by atoms with E-state index in [9.17, 15) is 4.79 Å². The van der Waals surface area contributed by atoms with Gasteiger partial charge in [0.15, 0.2) is 5.69 Å². The maximum Gasteiger partial charge on any atom is 0.356 e. The minimum Gasteiger partial charge on any atom is -0.476 e.